The average molecular weight is 732 g/mol. The van der Waals surface area contributed by atoms with Crippen molar-refractivity contribution in [1.82, 2.24) is 10.6 Å². The molecule has 8 nitrogen and oxygen atoms in total. The Morgan fingerprint density at radius 1 is 0.774 bits per heavy atom. The molecule has 1 aliphatic heterocycles. The van der Waals surface area contributed by atoms with E-state index >= 15 is 0 Å². The van der Waals surface area contributed by atoms with Gasteiger partial charge in [0, 0.05) is 47.3 Å². The molecule has 4 bridgehead atoms. The quantitative estimate of drug-likeness (QED) is 0.115. The molecule has 0 unspecified atom stereocenters. The number of urea groups is 1. The minimum absolute atomic E-state index is 0.000301. The summed E-state index contributed by atoms with van der Waals surface area (Å²) in [5.74, 6) is 3.02. The van der Waals surface area contributed by atoms with E-state index in [9.17, 15) is 14.7 Å². The molecule has 9 heteroatoms. The Hall–Kier alpha value is -4.15. The van der Waals surface area contributed by atoms with E-state index in [4.69, 9.17) is 9.47 Å². The first-order valence-corrected chi connectivity index (χ1v) is 20.0. The van der Waals surface area contributed by atoms with Crippen molar-refractivity contribution in [2.24, 2.45) is 17.8 Å². The molecule has 5 aliphatic rings. The lowest BCUT2D eigenvalue weighted by molar-refractivity contribution is -0.245. The lowest BCUT2D eigenvalue weighted by Gasteiger charge is -2.56. The summed E-state index contributed by atoms with van der Waals surface area (Å²) < 4.78 is 13.2. The van der Waals surface area contributed by atoms with Crippen molar-refractivity contribution in [1.29, 1.82) is 0 Å². The summed E-state index contributed by atoms with van der Waals surface area (Å²) in [6.07, 6.45) is 7.42. The van der Waals surface area contributed by atoms with Crippen LogP contribution in [0.5, 0.6) is 0 Å². The summed E-state index contributed by atoms with van der Waals surface area (Å²) in [7, 11) is 0. The van der Waals surface area contributed by atoms with Gasteiger partial charge < -0.3 is 30.5 Å². The fourth-order valence-electron chi connectivity index (χ4n) is 9.47. The minimum Gasteiger partial charge on any atom is -0.392 e. The topological polar surface area (TPSA) is 109 Å². The molecule has 4 N–H and O–H groups in total. The number of aliphatic hydroxyl groups is 1. The van der Waals surface area contributed by atoms with E-state index in [0.717, 1.165) is 86.7 Å². The second kappa shape index (κ2) is 15.7. The van der Waals surface area contributed by atoms with Crippen LogP contribution in [0, 0.1) is 17.8 Å². The van der Waals surface area contributed by atoms with Crippen LogP contribution in [0.1, 0.15) is 86.5 Å². The van der Waals surface area contributed by atoms with Crippen LogP contribution in [0.15, 0.2) is 102 Å². The van der Waals surface area contributed by atoms with E-state index in [1.165, 1.54) is 26.2 Å². The predicted molar refractivity (Wildman–Crippen MR) is 208 cm³/mol. The number of aliphatic hydroxyl groups excluding tert-OH is 1. The predicted octanol–water partition coefficient (Wildman–Crippen LogP) is 8.91. The van der Waals surface area contributed by atoms with E-state index in [1.54, 1.807) is 11.8 Å². The van der Waals surface area contributed by atoms with Crippen LogP contribution in [0.2, 0.25) is 0 Å². The Labute approximate surface area is 316 Å². The molecular formula is C44H49N3O5S. The maximum absolute atomic E-state index is 13.1. The van der Waals surface area contributed by atoms with Crippen molar-refractivity contribution < 1.29 is 24.2 Å². The Balaban J connectivity index is 0.914. The number of thioether (sulfide) groups is 1. The molecule has 5 fully saturated rings. The van der Waals surface area contributed by atoms with Gasteiger partial charge in [-0.15, -0.1) is 11.8 Å². The number of amides is 3. The largest absolute Gasteiger partial charge is 0.392 e. The highest BCUT2D eigenvalue weighted by molar-refractivity contribution is 7.99. The van der Waals surface area contributed by atoms with Gasteiger partial charge in [0.15, 0.2) is 6.29 Å². The van der Waals surface area contributed by atoms with E-state index in [0.29, 0.717) is 13.0 Å². The van der Waals surface area contributed by atoms with E-state index in [1.807, 2.05) is 54.6 Å². The summed E-state index contributed by atoms with van der Waals surface area (Å²) in [5, 5.41) is 19.0. The molecule has 0 spiro atoms. The number of carbonyl (C=O) groups is 2. The number of carbonyl (C=O) groups excluding carboxylic acids is 2. The lowest BCUT2D eigenvalue weighted by Crippen LogP contribution is -2.61. The molecule has 3 atom stereocenters. The number of benzene rings is 4. The number of hydrogen-bond acceptors (Lipinski definition) is 6. The minimum atomic E-state index is -0.545. The number of hydrogen-bond donors (Lipinski definition) is 4. The molecule has 4 saturated carbocycles. The third kappa shape index (κ3) is 8.65. The highest BCUT2D eigenvalue weighted by Gasteiger charge is 2.51. The Morgan fingerprint density at radius 3 is 2.11 bits per heavy atom. The zero-order valence-electron chi connectivity index (χ0n) is 30.3. The van der Waals surface area contributed by atoms with Crippen LogP contribution in [0.3, 0.4) is 0 Å². The maximum atomic E-state index is 13.1. The number of nitrogens with one attached hydrogen (secondary N) is 3. The molecule has 0 radical (unpaired) electrons. The van der Waals surface area contributed by atoms with Crippen LogP contribution in [0.4, 0.5) is 10.5 Å². The van der Waals surface area contributed by atoms with Crippen molar-refractivity contribution in [2.75, 3.05) is 11.1 Å². The van der Waals surface area contributed by atoms with Crippen molar-refractivity contribution in [3.63, 3.8) is 0 Å². The SMILES string of the molecule is CC(=O)Nc1ccc(SC[C@H]2C[C@@H](c3ccc(CO)cc3)O[C@@H](c3ccc(-c4cccc(CNC(=O)NC56CC7CC(CC(C7)C5)C6)c4)cc3)O2)cc1. The summed E-state index contributed by atoms with van der Waals surface area (Å²) in [6.45, 7) is 1.98. The third-order valence-electron chi connectivity index (χ3n) is 11.5. The molecule has 0 aromatic heterocycles. The summed E-state index contributed by atoms with van der Waals surface area (Å²) in [6, 6.07) is 32.5. The maximum Gasteiger partial charge on any atom is 0.315 e. The molecular weight excluding hydrogens is 683 g/mol. The Bertz CT molecular complexity index is 1860. The van der Waals surface area contributed by atoms with Gasteiger partial charge in [-0.3, -0.25) is 4.79 Å². The van der Waals surface area contributed by atoms with Gasteiger partial charge in [0.05, 0.1) is 18.8 Å². The van der Waals surface area contributed by atoms with Crippen LogP contribution in [0.25, 0.3) is 11.1 Å². The molecule has 1 saturated heterocycles. The van der Waals surface area contributed by atoms with Gasteiger partial charge in [-0.1, -0.05) is 66.7 Å². The zero-order chi connectivity index (χ0) is 36.4. The van der Waals surface area contributed by atoms with Gasteiger partial charge in [-0.25, -0.2) is 4.79 Å². The van der Waals surface area contributed by atoms with Gasteiger partial charge in [0.2, 0.25) is 5.91 Å². The highest BCUT2D eigenvalue weighted by atomic mass is 32.2. The lowest BCUT2D eigenvalue weighted by atomic mass is 9.53. The molecule has 1 heterocycles. The fourth-order valence-corrected chi connectivity index (χ4v) is 10.4. The van der Waals surface area contributed by atoms with E-state index in [-0.39, 0.29) is 36.3 Å². The van der Waals surface area contributed by atoms with Crippen molar-refractivity contribution in [3.05, 3.63) is 119 Å². The fraction of sp³-hybridized carbons (Fsp3) is 0.409. The molecule has 4 aliphatic carbocycles. The normalized spacial score (nSPS) is 27.3. The second-order valence-corrected chi connectivity index (χ2v) is 16.8. The first kappa shape index (κ1) is 35.9. The van der Waals surface area contributed by atoms with Gasteiger partial charge in [0.1, 0.15) is 0 Å². The number of ether oxygens (including phenoxy) is 2. The monoisotopic (exact) mass is 731 g/mol. The standard InChI is InChI=1S/C44H49N3O5S/c1-28(49)46-38-13-15-40(16-14-38)53-27-39-21-41(35-7-5-29(26-48)6-8-35)52-42(51-39)36-11-9-34(10-12-36)37-4-2-3-30(20-37)25-45-43(50)47-44-22-31-17-32(23-44)19-33(18-31)24-44/h2-16,20,31-33,39,41-42,48H,17-19,21-27H2,1H3,(H,46,49)(H2,45,47,50)/t31?,32?,33?,39-,41+,42+,44?/m1/s1. The second-order valence-electron chi connectivity index (χ2n) is 15.7. The Morgan fingerprint density at radius 2 is 1.45 bits per heavy atom. The molecule has 276 valence electrons. The van der Waals surface area contributed by atoms with Crippen molar-refractivity contribution >= 4 is 29.4 Å². The van der Waals surface area contributed by atoms with Crippen LogP contribution >= 0.6 is 11.8 Å². The van der Waals surface area contributed by atoms with E-state index < -0.39 is 6.29 Å². The third-order valence-corrected chi connectivity index (χ3v) is 12.7. The first-order chi connectivity index (χ1) is 25.8. The molecule has 53 heavy (non-hydrogen) atoms. The highest BCUT2D eigenvalue weighted by Crippen LogP contribution is 2.55. The average Bonchev–Trinajstić information content (AvgIpc) is 3.16. The summed E-state index contributed by atoms with van der Waals surface area (Å²) >= 11 is 1.72. The number of anilines is 1. The molecule has 4 aromatic carbocycles. The molecule has 3 amide bonds. The zero-order valence-corrected chi connectivity index (χ0v) is 31.1. The van der Waals surface area contributed by atoms with Gasteiger partial charge in [-0.2, -0.15) is 0 Å². The van der Waals surface area contributed by atoms with Gasteiger partial charge >= 0.3 is 6.03 Å². The van der Waals surface area contributed by atoms with E-state index in [2.05, 4.69) is 58.4 Å². The number of rotatable bonds is 11. The smallest absolute Gasteiger partial charge is 0.315 e. The molecule has 4 aromatic rings. The van der Waals surface area contributed by atoms with Crippen LogP contribution in [-0.4, -0.2) is 34.4 Å². The van der Waals surface area contributed by atoms with Crippen LogP contribution in [-0.2, 0) is 27.4 Å². The summed E-state index contributed by atoms with van der Waals surface area (Å²) in [5.41, 5.74) is 6.86. The van der Waals surface area contributed by atoms with Gasteiger partial charge in [0.25, 0.3) is 0 Å². The van der Waals surface area contributed by atoms with Gasteiger partial charge in [-0.05, 0) is 114 Å². The van der Waals surface area contributed by atoms with Crippen molar-refractivity contribution in [3.8, 4) is 11.1 Å². The first-order valence-electron chi connectivity index (χ1n) is 19.0. The van der Waals surface area contributed by atoms with Crippen molar-refractivity contribution in [2.45, 2.75) is 94.0 Å². The molecule has 9 rings (SSSR count). The Kier molecular flexibility index (Phi) is 10.6. The van der Waals surface area contributed by atoms with Crippen LogP contribution < -0.4 is 16.0 Å². The summed E-state index contributed by atoms with van der Waals surface area (Å²) in [4.78, 5) is 25.6.